The molecule has 0 atom stereocenters. The number of aromatic hydroxyl groups is 1. The Labute approximate surface area is 169 Å². The summed E-state index contributed by atoms with van der Waals surface area (Å²) in [4.78, 5) is 20.9. The van der Waals surface area contributed by atoms with Crippen LogP contribution < -0.4 is 4.90 Å². The number of imidazole rings is 1. The van der Waals surface area contributed by atoms with Crippen LogP contribution in [-0.2, 0) is 0 Å². The molecule has 0 radical (unpaired) electrons. The number of benzene rings is 1. The Morgan fingerprint density at radius 1 is 1.07 bits per heavy atom. The van der Waals surface area contributed by atoms with Crippen molar-refractivity contribution in [3.05, 3.63) is 53.9 Å². The molecule has 0 amide bonds. The minimum absolute atomic E-state index is 0.000418. The van der Waals surface area contributed by atoms with Crippen molar-refractivity contribution in [2.75, 3.05) is 38.1 Å². The van der Waals surface area contributed by atoms with Crippen molar-refractivity contribution >= 4 is 29.6 Å². The Morgan fingerprint density at radius 3 is 2.66 bits per heavy atom. The highest BCUT2D eigenvalue weighted by Gasteiger charge is 2.20. The third kappa shape index (κ3) is 3.40. The highest BCUT2D eigenvalue weighted by molar-refractivity contribution is 6.21. The lowest BCUT2D eigenvalue weighted by molar-refractivity contribution is 0.311. The van der Waals surface area contributed by atoms with E-state index < -0.39 is 0 Å². The molecule has 1 saturated heterocycles. The highest BCUT2D eigenvalue weighted by Crippen LogP contribution is 2.35. The molecule has 2 aliphatic heterocycles. The molecule has 0 saturated carbocycles. The van der Waals surface area contributed by atoms with Crippen LogP contribution in [0.4, 0.5) is 11.8 Å². The molecule has 5 rings (SSSR count). The van der Waals surface area contributed by atoms with Gasteiger partial charge in [-0.15, -0.1) is 0 Å². The number of pyridine rings is 1. The maximum absolute atomic E-state index is 10.4. The average molecular weight is 386 g/mol. The Hall–Kier alpha value is -3.45. The van der Waals surface area contributed by atoms with Gasteiger partial charge in [0, 0.05) is 55.3 Å². The number of hydrogen-bond donors (Lipinski definition) is 2. The fourth-order valence-corrected chi connectivity index (χ4v) is 3.67. The van der Waals surface area contributed by atoms with Crippen molar-refractivity contribution in [3.8, 4) is 17.0 Å². The number of nitrogens with zero attached hydrogens (tertiary/aromatic N) is 5. The van der Waals surface area contributed by atoms with Crippen LogP contribution in [0.1, 0.15) is 11.3 Å². The van der Waals surface area contributed by atoms with E-state index in [0.717, 1.165) is 48.4 Å². The first-order valence-corrected chi connectivity index (χ1v) is 9.71. The van der Waals surface area contributed by atoms with E-state index in [1.807, 2.05) is 30.5 Å². The normalized spacial score (nSPS) is 17.8. The largest absolute Gasteiger partial charge is 0.492 e. The monoisotopic (exact) mass is 386 g/mol. The van der Waals surface area contributed by atoms with Crippen LogP contribution in [0.3, 0.4) is 0 Å². The van der Waals surface area contributed by atoms with Crippen molar-refractivity contribution in [1.29, 1.82) is 0 Å². The van der Waals surface area contributed by atoms with Crippen LogP contribution in [0, 0.1) is 0 Å². The predicted octanol–water partition coefficient (Wildman–Crippen LogP) is 3.19. The van der Waals surface area contributed by atoms with Gasteiger partial charge in [0.25, 0.3) is 0 Å². The average Bonchev–Trinajstić information content (AvgIpc) is 3.33. The van der Waals surface area contributed by atoms with Crippen molar-refractivity contribution in [2.24, 2.45) is 4.99 Å². The van der Waals surface area contributed by atoms with Gasteiger partial charge in [0.2, 0.25) is 11.8 Å². The van der Waals surface area contributed by atoms with Gasteiger partial charge in [0.05, 0.1) is 0 Å². The zero-order chi connectivity index (χ0) is 19.8. The lowest BCUT2D eigenvalue weighted by Gasteiger charge is -2.31. The van der Waals surface area contributed by atoms with Gasteiger partial charge in [-0.1, -0.05) is 30.3 Å². The zero-order valence-corrected chi connectivity index (χ0v) is 16.2. The van der Waals surface area contributed by atoms with Crippen LogP contribution in [0.5, 0.6) is 5.88 Å². The maximum atomic E-state index is 10.4. The Bertz CT molecular complexity index is 1090. The van der Waals surface area contributed by atoms with Crippen LogP contribution >= 0.6 is 0 Å². The quantitative estimate of drug-likeness (QED) is 0.723. The molecule has 29 heavy (non-hydrogen) atoms. The number of likely N-dealkylation sites (N-methyl/N-ethyl adjacent to an activating group) is 1. The van der Waals surface area contributed by atoms with E-state index in [-0.39, 0.29) is 5.88 Å². The number of nitrogens with one attached hydrogen (secondary N) is 1. The fourth-order valence-electron chi connectivity index (χ4n) is 3.67. The summed E-state index contributed by atoms with van der Waals surface area (Å²) in [6, 6.07) is 12.2. The lowest BCUT2D eigenvalue weighted by atomic mass is 10.0. The number of hydrogen-bond acceptors (Lipinski definition) is 6. The molecule has 0 spiro atoms. The highest BCUT2D eigenvalue weighted by atomic mass is 16.3. The number of H-pyrrole nitrogens is 1. The Morgan fingerprint density at radius 2 is 1.86 bits per heavy atom. The smallest absolute Gasteiger partial charge is 0.238 e. The zero-order valence-electron chi connectivity index (χ0n) is 16.2. The Balaban J connectivity index is 1.45. The molecule has 2 N–H and O–H groups in total. The van der Waals surface area contributed by atoms with E-state index in [0.29, 0.717) is 17.5 Å². The van der Waals surface area contributed by atoms with Gasteiger partial charge < -0.3 is 19.9 Å². The Kier molecular flexibility index (Phi) is 4.37. The van der Waals surface area contributed by atoms with Gasteiger partial charge in [-0.05, 0) is 24.8 Å². The van der Waals surface area contributed by atoms with Crippen LogP contribution in [0.15, 0.2) is 47.6 Å². The number of piperazine rings is 1. The van der Waals surface area contributed by atoms with E-state index in [4.69, 9.17) is 0 Å². The molecular weight excluding hydrogens is 364 g/mol. The summed E-state index contributed by atoms with van der Waals surface area (Å²) in [7, 11) is 2.11. The minimum atomic E-state index is 0.000418. The first kappa shape index (κ1) is 17.6. The molecular formula is C22H22N6O. The van der Waals surface area contributed by atoms with E-state index in [9.17, 15) is 5.11 Å². The van der Waals surface area contributed by atoms with E-state index in [1.54, 1.807) is 6.21 Å². The van der Waals surface area contributed by atoms with Gasteiger partial charge >= 0.3 is 0 Å². The molecule has 7 nitrogen and oxygen atoms in total. The summed E-state index contributed by atoms with van der Waals surface area (Å²) >= 11 is 0. The molecule has 4 heterocycles. The van der Waals surface area contributed by atoms with Gasteiger partial charge in [-0.2, -0.15) is 4.98 Å². The summed E-state index contributed by atoms with van der Waals surface area (Å²) < 4.78 is 0. The molecule has 0 aliphatic carbocycles. The van der Waals surface area contributed by atoms with Crippen molar-refractivity contribution < 1.29 is 5.11 Å². The molecule has 146 valence electrons. The molecule has 7 heteroatoms. The summed E-state index contributed by atoms with van der Waals surface area (Å²) in [6.45, 7) is 3.72. The summed E-state index contributed by atoms with van der Waals surface area (Å²) in [5.74, 6) is 1.39. The van der Waals surface area contributed by atoms with Crippen LogP contribution in [-0.4, -0.2) is 64.4 Å². The molecule has 2 aromatic heterocycles. The molecule has 2 aliphatic rings. The molecule has 0 bridgehead atoms. The van der Waals surface area contributed by atoms with Crippen molar-refractivity contribution in [3.63, 3.8) is 0 Å². The van der Waals surface area contributed by atoms with Gasteiger partial charge in [-0.25, -0.2) is 9.98 Å². The number of anilines is 1. The lowest BCUT2D eigenvalue weighted by Crippen LogP contribution is -2.44. The van der Waals surface area contributed by atoms with Gasteiger partial charge in [0.15, 0.2) is 5.82 Å². The number of aliphatic imine (C=N–C) groups is 1. The first-order valence-electron chi connectivity index (χ1n) is 9.71. The topological polar surface area (TPSA) is 80.6 Å². The molecule has 3 aromatic rings. The standard InChI is InChI=1S/C22H22N6O/c1-27-7-9-28(10-8-27)22-25-19(21(29)26-22)12-17-14-24-20-18(17)11-16(13-23-20)15-5-3-2-4-6-15/h2-6,11-14,29H,7-10H2,1H3,(H,25,26)/b17-12-. The maximum Gasteiger partial charge on any atom is 0.238 e. The predicted molar refractivity (Wildman–Crippen MR) is 116 cm³/mol. The third-order valence-electron chi connectivity index (χ3n) is 5.41. The molecule has 1 fully saturated rings. The number of fused-ring (bicyclic) bond motifs is 1. The first-order chi connectivity index (χ1) is 14.2. The number of rotatable bonds is 3. The van der Waals surface area contributed by atoms with Crippen LogP contribution in [0.25, 0.3) is 22.8 Å². The molecule has 1 aromatic carbocycles. The second-order valence-corrected chi connectivity index (χ2v) is 7.41. The van der Waals surface area contributed by atoms with Crippen molar-refractivity contribution in [1.82, 2.24) is 19.9 Å². The van der Waals surface area contributed by atoms with Gasteiger partial charge in [-0.3, -0.25) is 0 Å². The summed E-state index contributed by atoms with van der Waals surface area (Å²) in [5, 5.41) is 10.4. The van der Waals surface area contributed by atoms with Crippen LogP contribution in [0.2, 0.25) is 0 Å². The van der Waals surface area contributed by atoms with E-state index in [2.05, 4.69) is 55.0 Å². The number of allylic oxidation sites excluding steroid dienone is 1. The van der Waals surface area contributed by atoms with E-state index in [1.165, 1.54) is 0 Å². The molecule has 0 unspecified atom stereocenters. The summed E-state index contributed by atoms with van der Waals surface area (Å²) in [5.41, 5.74) is 4.57. The third-order valence-corrected chi connectivity index (χ3v) is 5.41. The number of aromatic nitrogens is 3. The van der Waals surface area contributed by atoms with Crippen molar-refractivity contribution in [2.45, 2.75) is 0 Å². The SMILES string of the molecule is CN1CCN(c2nc(O)c(/C=C3/C=Nc4ncc(-c5ccccc5)cc43)[nH]2)CC1. The minimum Gasteiger partial charge on any atom is -0.492 e. The summed E-state index contributed by atoms with van der Waals surface area (Å²) in [6.07, 6.45) is 5.50. The second-order valence-electron chi connectivity index (χ2n) is 7.41. The fraction of sp³-hybridized carbons (Fsp3) is 0.227. The second kappa shape index (κ2) is 7.18. The number of aromatic amines is 1. The van der Waals surface area contributed by atoms with Gasteiger partial charge in [0.1, 0.15) is 5.69 Å². The van der Waals surface area contributed by atoms with E-state index >= 15 is 0 Å².